The fraction of sp³-hybridized carbons (Fsp3) is 0.450. The number of rotatable bonds is 3. The zero-order valence-corrected chi connectivity index (χ0v) is 15.4. The average Bonchev–Trinajstić information content (AvgIpc) is 3.40. The molecule has 3 aliphatic rings. The first kappa shape index (κ1) is 16.1. The third kappa shape index (κ3) is 2.15. The number of carbonyl (C=O) groups excluding carboxylic acids is 2. The molecule has 0 amide bonds. The Labute approximate surface area is 155 Å². The van der Waals surface area contributed by atoms with Gasteiger partial charge in [-0.1, -0.05) is 0 Å². The molecule has 2 aromatic rings. The van der Waals surface area contributed by atoms with Crippen LogP contribution in [0.2, 0.25) is 0 Å². The second kappa shape index (κ2) is 5.72. The van der Waals surface area contributed by atoms with Crippen molar-refractivity contribution >= 4 is 22.9 Å². The maximum atomic E-state index is 13.0. The van der Waals surface area contributed by atoms with Gasteiger partial charge in [-0.05, 0) is 44.0 Å². The molecule has 26 heavy (non-hydrogen) atoms. The number of methoxy groups -OCH3 is 1. The van der Waals surface area contributed by atoms with Gasteiger partial charge in [0.25, 0.3) is 0 Å². The van der Waals surface area contributed by atoms with Gasteiger partial charge in [0.05, 0.1) is 36.8 Å². The zero-order chi connectivity index (χ0) is 18.0. The molecule has 2 bridgehead atoms. The van der Waals surface area contributed by atoms with Gasteiger partial charge in [-0.3, -0.25) is 9.59 Å². The van der Waals surface area contributed by atoms with Gasteiger partial charge in [-0.15, -0.1) is 11.3 Å². The van der Waals surface area contributed by atoms with Crippen molar-refractivity contribution in [1.29, 1.82) is 0 Å². The van der Waals surface area contributed by atoms with Crippen molar-refractivity contribution in [3.8, 4) is 16.3 Å². The van der Waals surface area contributed by atoms with E-state index in [1.165, 1.54) is 11.3 Å². The Kier molecular flexibility index (Phi) is 3.56. The van der Waals surface area contributed by atoms with Crippen molar-refractivity contribution in [3.63, 3.8) is 0 Å². The van der Waals surface area contributed by atoms with Crippen molar-refractivity contribution < 1.29 is 19.1 Å². The number of benzene rings is 1. The lowest BCUT2D eigenvalue weighted by atomic mass is 9.81. The number of nitrogens with zero attached hydrogens (tertiary/aromatic N) is 1. The van der Waals surface area contributed by atoms with Gasteiger partial charge >= 0.3 is 0 Å². The first-order chi connectivity index (χ1) is 12.6. The van der Waals surface area contributed by atoms with Crippen molar-refractivity contribution in [1.82, 2.24) is 4.98 Å². The highest BCUT2D eigenvalue weighted by atomic mass is 32.1. The van der Waals surface area contributed by atoms with E-state index in [2.05, 4.69) is 0 Å². The number of ketones is 2. The van der Waals surface area contributed by atoms with Gasteiger partial charge in [0.2, 0.25) is 0 Å². The number of carbonyl (C=O) groups is 2. The molecule has 0 spiro atoms. The molecular weight excluding hydrogens is 350 g/mol. The Morgan fingerprint density at radius 2 is 1.69 bits per heavy atom. The second-order valence-electron chi connectivity index (χ2n) is 7.27. The van der Waals surface area contributed by atoms with Crippen molar-refractivity contribution in [3.05, 3.63) is 34.8 Å². The van der Waals surface area contributed by atoms with Gasteiger partial charge in [0.15, 0.2) is 11.6 Å². The van der Waals surface area contributed by atoms with E-state index in [1.54, 1.807) is 7.11 Å². The highest BCUT2D eigenvalue weighted by Gasteiger charge is 2.63. The number of aromatic nitrogens is 1. The second-order valence-corrected chi connectivity index (χ2v) is 8.47. The summed E-state index contributed by atoms with van der Waals surface area (Å²) in [6.07, 6.45) is 1.66. The van der Waals surface area contributed by atoms with Crippen LogP contribution >= 0.6 is 11.3 Å². The molecule has 0 radical (unpaired) electrons. The number of hydrogen-bond acceptors (Lipinski definition) is 6. The third-order valence-electron chi connectivity index (χ3n) is 5.94. The molecule has 2 saturated heterocycles. The number of fused-ring (bicyclic) bond motifs is 5. The van der Waals surface area contributed by atoms with E-state index in [9.17, 15) is 9.59 Å². The van der Waals surface area contributed by atoms with E-state index in [4.69, 9.17) is 14.5 Å². The minimum atomic E-state index is -0.708. The molecule has 1 aliphatic carbocycles. The zero-order valence-electron chi connectivity index (χ0n) is 14.6. The highest BCUT2D eigenvalue weighted by molar-refractivity contribution is 7.15. The highest BCUT2D eigenvalue weighted by Crippen LogP contribution is 2.52. The molecule has 3 fully saturated rings. The van der Waals surface area contributed by atoms with Crippen LogP contribution in [0.15, 0.2) is 24.3 Å². The van der Waals surface area contributed by atoms with Crippen LogP contribution in [-0.2, 0) is 14.3 Å². The summed E-state index contributed by atoms with van der Waals surface area (Å²) in [5, 5.41) is 0.831. The Balaban J connectivity index is 1.50. The SMILES string of the molecule is COc1ccc(-c2nc(C3C(=O)[C@@H]4[C@H](C3=O)[C@H]3CC[C@@H]4O3)c(C)s2)cc1. The summed E-state index contributed by atoms with van der Waals surface area (Å²) in [4.78, 5) is 31.7. The fourth-order valence-corrected chi connectivity index (χ4v) is 5.68. The maximum absolute atomic E-state index is 13.0. The lowest BCUT2D eigenvalue weighted by molar-refractivity contribution is -0.127. The van der Waals surface area contributed by atoms with E-state index >= 15 is 0 Å². The van der Waals surface area contributed by atoms with Crippen molar-refractivity contribution in [2.45, 2.75) is 37.9 Å². The van der Waals surface area contributed by atoms with Crippen LogP contribution < -0.4 is 4.74 Å². The summed E-state index contributed by atoms with van der Waals surface area (Å²) in [5.74, 6) is -0.399. The quantitative estimate of drug-likeness (QED) is 0.778. The third-order valence-corrected chi connectivity index (χ3v) is 6.98. The molecule has 6 heteroatoms. The molecule has 0 N–H and O–H groups in total. The lowest BCUT2D eigenvalue weighted by Crippen LogP contribution is -2.29. The van der Waals surface area contributed by atoms with E-state index in [0.717, 1.165) is 34.0 Å². The average molecular weight is 369 g/mol. The van der Waals surface area contributed by atoms with E-state index in [0.29, 0.717) is 5.69 Å². The van der Waals surface area contributed by atoms with Crippen LogP contribution in [0.25, 0.3) is 10.6 Å². The maximum Gasteiger partial charge on any atom is 0.155 e. The van der Waals surface area contributed by atoms with E-state index in [1.807, 2.05) is 31.2 Å². The summed E-state index contributed by atoms with van der Waals surface area (Å²) in [7, 11) is 1.63. The molecule has 1 saturated carbocycles. The van der Waals surface area contributed by atoms with Crippen LogP contribution in [-0.4, -0.2) is 35.9 Å². The summed E-state index contributed by atoms with van der Waals surface area (Å²) in [5.41, 5.74) is 1.61. The summed E-state index contributed by atoms with van der Waals surface area (Å²) in [6.45, 7) is 1.94. The minimum absolute atomic E-state index is 0.0156. The topological polar surface area (TPSA) is 65.5 Å². The molecule has 1 unspecified atom stereocenters. The first-order valence-corrected chi connectivity index (χ1v) is 9.75. The standard InChI is InChI=1S/C20H19NO4S/c1-9-17(21-20(26-9)10-3-5-11(24-2)6-4-10)16-18(22)14-12-7-8-13(25-12)15(14)19(16)23/h3-6,12-16H,7-8H2,1-2H3/t12-,13+,14-,15+,16?. The van der Waals surface area contributed by atoms with E-state index in [-0.39, 0.29) is 35.6 Å². The number of Topliss-reactive ketones (excluding diaryl/α,β-unsaturated/α-hetero) is 2. The van der Waals surface area contributed by atoms with Crippen LogP contribution in [0, 0.1) is 18.8 Å². The van der Waals surface area contributed by atoms with Gasteiger partial charge in [0, 0.05) is 10.4 Å². The largest absolute Gasteiger partial charge is 0.497 e. The molecule has 134 valence electrons. The fourth-order valence-electron chi connectivity index (χ4n) is 4.73. The molecule has 1 aromatic heterocycles. The van der Waals surface area contributed by atoms with Gasteiger partial charge in [0.1, 0.15) is 16.7 Å². The molecular formula is C20H19NO4S. The predicted octanol–water partition coefficient (Wildman–Crippen LogP) is 3.16. The van der Waals surface area contributed by atoms with Crippen LogP contribution in [0.1, 0.15) is 29.3 Å². The summed E-state index contributed by atoms with van der Waals surface area (Å²) >= 11 is 1.53. The molecule has 5 rings (SSSR count). The summed E-state index contributed by atoms with van der Waals surface area (Å²) < 4.78 is 11.0. The first-order valence-electron chi connectivity index (χ1n) is 8.93. The van der Waals surface area contributed by atoms with Crippen molar-refractivity contribution in [2.75, 3.05) is 7.11 Å². The van der Waals surface area contributed by atoms with Crippen LogP contribution in [0.5, 0.6) is 5.75 Å². The Morgan fingerprint density at radius 1 is 1.08 bits per heavy atom. The predicted molar refractivity (Wildman–Crippen MR) is 96.5 cm³/mol. The van der Waals surface area contributed by atoms with E-state index < -0.39 is 5.92 Å². The molecule has 5 atom stereocenters. The van der Waals surface area contributed by atoms with Crippen LogP contribution in [0.3, 0.4) is 0 Å². The summed E-state index contributed by atoms with van der Waals surface area (Å²) in [6, 6.07) is 7.66. The molecule has 2 aliphatic heterocycles. The van der Waals surface area contributed by atoms with Gasteiger partial charge < -0.3 is 9.47 Å². The van der Waals surface area contributed by atoms with Crippen LogP contribution in [0.4, 0.5) is 0 Å². The van der Waals surface area contributed by atoms with Gasteiger partial charge in [-0.2, -0.15) is 0 Å². The monoisotopic (exact) mass is 369 g/mol. The molecule has 1 aromatic carbocycles. The lowest BCUT2D eigenvalue weighted by Gasteiger charge is -2.16. The normalized spacial score (nSPS) is 32.3. The van der Waals surface area contributed by atoms with Crippen molar-refractivity contribution in [2.24, 2.45) is 11.8 Å². The molecule has 5 nitrogen and oxygen atoms in total. The number of aryl methyl sites for hydroxylation is 1. The number of thiazole rings is 1. The Bertz CT molecular complexity index is 875. The Hall–Kier alpha value is -2.05. The number of ether oxygens (including phenoxy) is 2. The molecule has 3 heterocycles. The number of hydrogen-bond donors (Lipinski definition) is 0. The smallest absolute Gasteiger partial charge is 0.155 e. The van der Waals surface area contributed by atoms with Gasteiger partial charge in [-0.25, -0.2) is 4.98 Å². The Morgan fingerprint density at radius 3 is 2.27 bits per heavy atom. The minimum Gasteiger partial charge on any atom is -0.497 e.